The van der Waals surface area contributed by atoms with Crippen molar-refractivity contribution in [3.05, 3.63) is 0 Å². The molecule has 0 spiro atoms. The molecular weight excluding hydrogens is 296 g/mol. The van der Waals surface area contributed by atoms with E-state index in [0.717, 1.165) is 49.4 Å². The molecule has 0 aromatic carbocycles. The van der Waals surface area contributed by atoms with Crippen LogP contribution in [0.3, 0.4) is 0 Å². The molecule has 0 heterocycles. The maximum atomic E-state index is 12.5. The van der Waals surface area contributed by atoms with E-state index in [1.165, 1.54) is 57.8 Å². The highest BCUT2D eigenvalue weighted by Crippen LogP contribution is 2.39. The minimum absolute atomic E-state index is 0.125. The van der Waals surface area contributed by atoms with E-state index in [1.807, 2.05) is 0 Å². The standard InChI is InChI=1S/C22H38O2/c1-16-3-7-18(8-4-16)15-19-9-11-20(12-10-19)22(23)24-21-13-5-17(2)6-14-21/h16-21H,3-15H2,1-2H3. The zero-order valence-electron chi connectivity index (χ0n) is 16.0. The highest BCUT2D eigenvalue weighted by Gasteiger charge is 2.31. The number of carbonyl (C=O) groups excluding carboxylic acids is 1. The Kier molecular flexibility index (Phi) is 6.63. The number of esters is 1. The van der Waals surface area contributed by atoms with E-state index in [4.69, 9.17) is 4.74 Å². The fraction of sp³-hybridized carbons (Fsp3) is 0.955. The molecule has 2 nitrogen and oxygen atoms in total. The van der Waals surface area contributed by atoms with Gasteiger partial charge >= 0.3 is 5.97 Å². The fourth-order valence-corrected chi connectivity index (χ4v) is 5.28. The van der Waals surface area contributed by atoms with Crippen molar-refractivity contribution >= 4 is 5.97 Å². The number of hydrogen-bond acceptors (Lipinski definition) is 2. The molecule has 3 rings (SSSR count). The van der Waals surface area contributed by atoms with Gasteiger partial charge in [0.1, 0.15) is 6.10 Å². The largest absolute Gasteiger partial charge is 0.462 e. The molecule has 0 aromatic rings. The Labute approximate surface area is 149 Å². The Morgan fingerprint density at radius 3 is 1.71 bits per heavy atom. The maximum Gasteiger partial charge on any atom is 0.309 e. The first-order valence-electron chi connectivity index (χ1n) is 10.8. The Balaban J connectivity index is 1.34. The number of hydrogen-bond donors (Lipinski definition) is 0. The molecule has 3 fully saturated rings. The fourth-order valence-electron chi connectivity index (χ4n) is 5.28. The van der Waals surface area contributed by atoms with Crippen LogP contribution in [0.2, 0.25) is 0 Å². The SMILES string of the molecule is CC1CCC(CC2CCC(C(=O)OC3CCC(C)CC3)CC2)CC1. The van der Waals surface area contributed by atoms with Crippen LogP contribution in [0.25, 0.3) is 0 Å². The van der Waals surface area contributed by atoms with Crippen molar-refractivity contribution in [1.29, 1.82) is 0 Å². The van der Waals surface area contributed by atoms with Crippen molar-refractivity contribution in [3.63, 3.8) is 0 Å². The van der Waals surface area contributed by atoms with Gasteiger partial charge in [-0.3, -0.25) is 4.79 Å². The molecule has 0 amide bonds. The second-order valence-electron chi connectivity index (χ2n) is 9.40. The summed E-state index contributed by atoms with van der Waals surface area (Å²) in [6.45, 7) is 4.71. The van der Waals surface area contributed by atoms with Crippen molar-refractivity contribution in [2.24, 2.45) is 29.6 Å². The highest BCUT2D eigenvalue weighted by molar-refractivity contribution is 5.72. The van der Waals surface area contributed by atoms with E-state index in [9.17, 15) is 4.79 Å². The van der Waals surface area contributed by atoms with Crippen molar-refractivity contribution < 1.29 is 9.53 Å². The predicted molar refractivity (Wildman–Crippen MR) is 98.7 cm³/mol. The molecule has 0 radical (unpaired) electrons. The Bertz CT molecular complexity index is 381. The topological polar surface area (TPSA) is 26.3 Å². The summed E-state index contributed by atoms with van der Waals surface area (Å²) in [6.07, 6.45) is 16.7. The second-order valence-corrected chi connectivity index (χ2v) is 9.40. The Morgan fingerprint density at radius 1 is 0.708 bits per heavy atom. The van der Waals surface area contributed by atoms with Gasteiger partial charge in [-0.1, -0.05) is 39.5 Å². The van der Waals surface area contributed by atoms with Crippen LogP contribution >= 0.6 is 0 Å². The van der Waals surface area contributed by atoms with Crippen molar-refractivity contribution in [2.45, 2.75) is 103 Å². The van der Waals surface area contributed by atoms with Crippen LogP contribution in [-0.2, 0) is 9.53 Å². The van der Waals surface area contributed by atoms with E-state index in [-0.39, 0.29) is 18.0 Å². The summed E-state index contributed by atoms with van der Waals surface area (Å²) >= 11 is 0. The van der Waals surface area contributed by atoms with Crippen LogP contribution in [0.15, 0.2) is 0 Å². The molecule has 3 aliphatic carbocycles. The molecule has 0 aliphatic heterocycles. The lowest BCUT2D eigenvalue weighted by Crippen LogP contribution is -2.30. The van der Waals surface area contributed by atoms with Gasteiger partial charge in [-0.25, -0.2) is 0 Å². The monoisotopic (exact) mass is 334 g/mol. The van der Waals surface area contributed by atoms with Gasteiger partial charge in [0.15, 0.2) is 0 Å². The van der Waals surface area contributed by atoms with Gasteiger partial charge in [0.05, 0.1) is 5.92 Å². The van der Waals surface area contributed by atoms with Gasteiger partial charge in [0, 0.05) is 0 Å². The minimum atomic E-state index is 0.125. The lowest BCUT2D eigenvalue weighted by Gasteiger charge is -2.33. The number of rotatable bonds is 4. The summed E-state index contributed by atoms with van der Waals surface area (Å²) in [5.74, 6) is 3.95. The Morgan fingerprint density at radius 2 is 1.17 bits per heavy atom. The van der Waals surface area contributed by atoms with Gasteiger partial charge in [-0.15, -0.1) is 0 Å². The second kappa shape index (κ2) is 8.72. The van der Waals surface area contributed by atoms with E-state index in [2.05, 4.69) is 13.8 Å². The van der Waals surface area contributed by atoms with Gasteiger partial charge in [-0.2, -0.15) is 0 Å². The molecule has 0 bridgehead atoms. The quantitative estimate of drug-likeness (QED) is 0.578. The van der Waals surface area contributed by atoms with Crippen molar-refractivity contribution in [2.75, 3.05) is 0 Å². The molecule has 3 saturated carbocycles. The molecule has 2 heteroatoms. The van der Waals surface area contributed by atoms with E-state index in [0.29, 0.717) is 0 Å². The van der Waals surface area contributed by atoms with E-state index in [1.54, 1.807) is 0 Å². The normalized spacial score (nSPS) is 40.9. The van der Waals surface area contributed by atoms with Crippen molar-refractivity contribution in [3.8, 4) is 0 Å². The van der Waals surface area contributed by atoms with Crippen LogP contribution in [0.4, 0.5) is 0 Å². The molecule has 138 valence electrons. The van der Waals surface area contributed by atoms with E-state index >= 15 is 0 Å². The summed E-state index contributed by atoms with van der Waals surface area (Å²) in [7, 11) is 0. The lowest BCUT2D eigenvalue weighted by molar-refractivity contribution is -0.157. The molecule has 0 atom stereocenters. The van der Waals surface area contributed by atoms with Gasteiger partial charge in [0.25, 0.3) is 0 Å². The number of ether oxygens (including phenoxy) is 1. The third kappa shape index (κ3) is 5.23. The first kappa shape index (κ1) is 18.3. The van der Waals surface area contributed by atoms with Crippen LogP contribution in [-0.4, -0.2) is 12.1 Å². The molecule has 3 aliphatic rings. The summed E-state index contributed by atoms with van der Waals surface area (Å²) in [6, 6.07) is 0. The summed E-state index contributed by atoms with van der Waals surface area (Å²) in [5.41, 5.74) is 0. The summed E-state index contributed by atoms with van der Waals surface area (Å²) in [4.78, 5) is 12.5. The summed E-state index contributed by atoms with van der Waals surface area (Å²) < 4.78 is 5.84. The molecular formula is C22H38O2. The molecule has 0 aromatic heterocycles. The van der Waals surface area contributed by atoms with Crippen LogP contribution in [0.5, 0.6) is 0 Å². The molecule has 24 heavy (non-hydrogen) atoms. The summed E-state index contributed by atoms with van der Waals surface area (Å²) in [5, 5.41) is 0. The minimum Gasteiger partial charge on any atom is -0.462 e. The average Bonchev–Trinajstić information content (AvgIpc) is 2.59. The zero-order valence-corrected chi connectivity index (χ0v) is 16.0. The smallest absolute Gasteiger partial charge is 0.309 e. The Hall–Kier alpha value is -0.530. The lowest BCUT2D eigenvalue weighted by atomic mass is 9.73. The molecule has 0 N–H and O–H groups in total. The van der Waals surface area contributed by atoms with Crippen LogP contribution in [0.1, 0.15) is 97.3 Å². The first-order chi connectivity index (χ1) is 11.6. The number of carbonyl (C=O) groups is 1. The third-order valence-electron chi connectivity index (χ3n) is 7.23. The van der Waals surface area contributed by atoms with Gasteiger partial charge in [0.2, 0.25) is 0 Å². The van der Waals surface area contributed by atoms with E-state index < -0.39 is 0 Å². The molecule has 0 unspecified atom stereocenters. The third-order valence-corrected chi connectivity index (χ3v) is 7.23. The van der Waals surface area contributed by atoms with Crippen LogP contribution < -0.4 is 0 Å². The predicted octanol–water partition coefficient (Wildman–Crippen LogP) is 6.13. The first-order valence-corrected chi connectivity index (χ1v) is 10.8. The zero-order chi connectivity index (χ0) is 16.9. The average molecular weight is 335 g/mol. The molecule has 0 saturated heterocycles. The highest BCUT2D eigenvalue weighted by atomic mass is 16.5. The maximum absolute atomic E-state index is 12.5. The van der Waals surface area contributed by atoms with Crippen molar-refractivity contribution in [1.82, 2.24) is 0 Å². The van der Waals surface area contributed by atoms with Crippen LogP contribution in [0, 0.1) is 29.6 Å². The van der Waals surface area contributed by atoms with Gasteiger partial charge < -0.3 is 4.74 Å². The van der Waals surface area contributed by atoms with Gasteiger partial charge in [-0.05, 0) is 81.5 Å².